The van der Waals surface area contributed by atoms with Gasteiger partial charge >= 0.3 is 0 Å². The van der Waals surface area contributed by atoms with Gasteiger partial charge in [-0.05, 0) is 43.6 Å². The third-order valence-electron chi connectivity index (χ3n) is 3.86. The van der Waals surface area contributed by atoms with Crippen molar-refractivity contribution in [3.63, 3.8) is 0 Å². The summed E-state index contributed by atoms with van der Waals surface area (Å²) in [5, 5.41) is 13.1. The average molecular weight is 251 g/mol. The highest BCUT2D eigenvalue weighted by molar-refractivity contribution is 5.45. The van der Waals surface area contributed by atoms with Crippen molar-refractivity contribution in [2.75, 3.05) is 33.9 Å². The molecule has 4 nitrogen and oxygen atoms in total. The minimum absolute atomic E-state index is 0.148. The van der Waals surface area contributed by atoms with Crippen molar-refractivity contribution in [2.45, 2.75) is 18.3 Å². The number of piperidine rings is 1. The molecular weight excluding hydrogens is 230 g/mol. The van der Waals surface area contributed by atoms with E-state index in [9.17, 15) is 5.11 Å². The fourth-order valence-corrected chi connectivity index (χ4v) is 2.61. The maximum absolute atomic E-state index is 9.79. The Bertz CT molecular complexity index is 400. The van der Waals surface area contributed by atoms with Crippen LogP contribution in [-0.2, 0) is 5.41 Å². The molecule has 0 unspecified atom stereocenters. The standard InChI is InChI=1S/C14H21NO3/c1-17-12-4-3-11(9-13(12)18-2)14(10-16)5-7-15-8-6-14/h3-4,9,15-16H,5-8,10H2,1-2H3. The van der Waals surface area contributed by atoms with Crippen LogP contribution in [0, 0.1) is 0 Å². The van der Waals surface area contributed by atoms with Gasteiger partial charge in [0.25, 0.3) is 0 Å². The van der Waals surface area contributed by atoms with Crippen molar-refractivity contribution in [3.05, 3.63) is 23.8 Å². The molecule has 1 aromatic carbocycles. The first-order chi connectivity index (χ1) is 8.75. The van der Waals surface area contributed by atoms with E-state index in [1.54, 1.807) is 14.2 Å². The summed E-state index contributed by atoms with van der Waals surface area (Å²) in [5.41, 5.74) is 0.981. The van der Waals surface area contributed by atoms with Crippen LogP contribution in [-0.4, -0.2) is 39.0 Å². The van der Waals surface area contributed by atoms with Crippen molar-refractivity contribution in [1.29, 1.82) is 0 Å². The predicted molar refractivity (Wildman–Crippen MR) is 70.4 cm³/mol. The number of hydrogen-bond acceptors (Lipinski definition) is 4. The van der Waals surface area contributed by atoms with Gasteiger partial charge in [-0.2, -0.15) is 0 Å². The SMILES string of the molecule is COc1ccc(C2(CO)CCNCC2)cc1OC. The molecule has 4 heteroatoms. The number of methoxy groups -OCH3 is 2. The molecule has 2 N–H and O–H groups in total. The zero-order chi connectivity index (χ0) is 13.0. The van der Waals surface area contributed by atoms with Gasteiger partial charge in [0.1, 0.15) is 0 Å². The van der Waals surface area contributed by atoms with Crippen LogP contribution in [0.2, 0.25) is 0 Å². The number of rotatable bonds is 4. The molecule has 0 saturated carbocycles. The van der Waals surface area contributed by atoms with Crippen molar-refractivity contribution in [3.8, 4) is 11.5 Å². The van der Waals surface area contributed by atoms with Gasteiger partial charge in [-0.3, -0.25) is 0 Å². The Kier molecular flexibility index (Phi) is 4.09. The highest BCUT2D eigenvalue weighted by Crippen LogP contribution is 2.37. The van der Waals surface area contributed by atoms with E-state index in [1.165, 1.54) is 0 Å². The van der Waals surface area contributed by atoms with Gasteiger partial charge < -0.3 is 19.9 Å². The molecule has 1 saturated heterocycles. The van der Waals surface area contributed by atoms with Gasteiger partial charge in [0, 0.05) is 5.41 Å². The molecular formula is C14H21NO3. The Morgan fingerprint density at radius 2 is 1.83 bits per heavy atom. The number of hydrogen-bond donors (Lipinski definition) is 2. The molecule has 0 bridgehead atoms. The molecule has 1 aromatic rings. The van der Waals surface area contributed by atoms with Gasteiger partial charge in [0.15, 0.2) is 11.5 Å². The van der Waals surface area contributed by atoms with E-state index < -0.39 is 0 Å². The van der Waals surface area contributed by atoms with E-state index in [0.717, 1.165) is 43.0 Å². The fraction of sp³-hybridized carbons (Fsp3) is 0.571. The highest BCUT2D eigenvalue weighted by atomic mass is 16.5. The minimum atomic E-state index is -0.148. The van der Waals surface area contributed by atoms with Crippen molar-refractivity contribution in [1.82, 2.24) is 5.32 Å². The molecule has 2 rings (SSSR count). The molecule has 1 fully saturated rings. The molecule has 0 spiro atoms. The summed E-state index contributed by atoms with van der Waals surface area (Å²) < 4.78 is 10.6. The van der Waals surface area contributed by atoms with Crippen LogP contribution in [0.15, 0.2) is 18.2 Å². The second-order valence-corrected chi connectivity index (χ2v) is 4.76. The molecule has 0 atom stereocenters. The molecule has 0 amide bonds. The van der Waals surface area contributed by atoms with Crippen LogP contribution in [0.3, 0.4) is 0 Å². The molecule has 1 heterocycles. The van der Waals surface area contributed by atoms with Gasteiger partial charge in [-0.15, -0.1) is 0 Å². The van der Waals surface area contributed by atoms with Gasteiger partial charge in [0.2, 0.25) is 0 Å². The average Bonchev–Trinajstić information content (AvgIpc) is 2.47. The Morgan fingerprint density at radius 3 is 2.39 bits per heavy atom. The second kappa shape index (κ2) is 5.59. The van der Waals surface area contributed by atoms with E-state index in [2.05, 4.69) is 5.32 Å². The van der Waals surface area contributed by atoms with Crippen LogP contribution in [0.1, 0.15) is 18.4 Å². The summed E-state index contributed by atoms with van der Waals surface area (Å²) in [6.07, 6.45) is 1.89. The Labute approximate surface area is 108 Å². The van der Waals surface area contributed by atoms with Crippen LogP contribution in [0.5, 0.6) is 11.5 Å². The van der Waals surface area contributed by atoms with Crippen LogP contribution in [0.25, 0.3) is 0 Å². The number of ether oxygens (including phenoxy) is 2. The lowest BCUT2D eigenvalue weighted by Gasteiger charge is -2.36. The Hall–Kier alpha value is -1.26. The Morgan fingerprint density at radius 1 is 1.17 bits per heavy atom. The first kappa shape index (κ1) is 13.2. The summed E-state index contributed by atoms with van der Waals surface area (Å²) in [5.74, 6) is 1.45. The summed E-state index contributed by atoms with van der Waals surface area (Å²) in [6.45, 7) is 2.05. The lowest BCUT2D eigenvalue weighted by Crippen LogP contribution is -2.42. The first-order valence-electron chi connectivity index (χ1n) is 6.30. The van der Waals surface area contributed by atoms with E-state index in [-0.39, 0.29) is 12.0 Å². The molecule has 0 aliphatic carbocycles. The zero-order valence-corrected chi connectivity index (χ0v) is 11.0. The van der Waals surface area contributed by atoms with Crippen LogP contribution in [0.4, 0.5) is 0 Å². The summed E-state index contributed by atoms with van der Waals surface area (Å²) in [4.78, 5) is 0. The third-order valence-corrected chi connectivity index (χ3v) is 3.86. The van der Waals surface area contributed by atoms with Crippen molar-refractivity contribution < 1.29 is 14.6 Å². The molecule has 1 aliphatic heterocycles. The van der Waals surface area contributed by atoms with E-state index in [4.69, 9.17) is 9.47 Å². The van der Waals surface area contributed by atoms with Crippen LogP contribution < -0.4 is 14.8 Å². The minimum Gasteiger partial charge on any atom is -0.493 e. The maximum atomic E-state index is 9.79. The summed E-state index contributed by atoms with van der Waals surface area (Å²) in [6, 6.07) is 5.93. The largest absolute Gasteiger partial charge is 0.493 e. The first-order valence-corrected chi connectivity index (χ1v) is 6.30. The maximum Gasteiger partial charge on any atom is 0.161 e. The van der Waals surface area contributed by atoms with E-state index in [1.807, 2.05) is 18.2 Å². The van der Waals surface area contributed by atoms with Crippen molar-refractivity contribution >= 4 is 0 Å². The number of aliphatic hydroxyl groups excluding tert-OH is 1. The summed E-state index contributed by atoms with van der Waals surface area (Å²) >= 11 is 0. The fourth-order valence-electron chi connectivity index (χ4n) is 2.61. The van der Waals surface area contributed by atoms with Crippen molar-refractivity contribution in [2.24, 2.45) is 0 Å². The number of nitrogens with one attached hydrogen (secondary N) is 1. The summed E-state index contributed by atoms with van der Waals surface area (Å²) in [7, 11) is 3.26. The molecule has 100 valence electrons. The quantitative estimate of drug-likeness (QED) is 0.847. The topological polar surface area (TPSA) is 50.7 Å². The monoisotopic (exact) mass is 251 g/mol. The van der Waals surface area contributed by atoms with Gasteiger partial charge in [0.05, 0.1) is 20.8 Å². The van der Waals surface area contributed by atoms with Gasteiger partial charge in [-0.25, -0.2) is 0 Å². The smallest absolute Gasteiger partial charge is 0.161 e. The number of aliphatic hydroxyl groups is 1. The Balaban J connectivity index is 2.36. The molecule has 1 aliphatic rings. The lowest BCUT2D eigenvalue weighted by molar-refractivity contribution is 0.158. The van der Waals surface area contributed by atoms with Gasteiger partial charge in [-0.1, -0.05) is 6.07 Å². The lowest BCUT2D eigenvalue weighted by atomic mass is 9.74. The highest BCUT2D eigenvalue weighted by Gasteiger charge is 2.33. The second-order valence-electron chi connectivity index (χ2n) is 4.76. The predicted octanol–water partition coefficient (Wildman–Crippen LogP) is 1.32. The van der Waals surface area contributed by atoms with Crippen LogP contribution >= 0.6 is 0 Å². The molecule has 0 aromatic heterocycles. The van der Waals surface area contributed by atoms with E-state index >= 15 is 0 Å². The molecule has 0 radical (unpaired) electrons. The van der Waals surface area contributed by atoms with E-state index in [0.29, 0.717) is 0 Å². The number of benzene rings is 1. The third kappa shape index (κ3) is 2.31. The zero-order valence-electron chi connectivity index (χ0n) is 11.0. The normalized spacial score (nSPS) is 18.4. The molecule has 18 heavy (non-hydrogen) atoms.